The van der Waals surface area contributed by atoms with Crippen LogP contribution in [0.25, 0.3) is 6.08 Å². The first-order chi connectivity index (χ1) is 11.1. The average Bonchev–Trinajstić information content (AvgIpc) is 2.84. The molecule has 116 valence electrons. The van der Waals surface area contributed by atoms with Gasteiger partial charge in [-0.2, -0.15) is 0 Å². The second-order valence-corrected chi connectivity index (χ2v) is 7.47. The van der Waals surface area contributed by atoms with Gasteiger partial charge in [-0.1, -0.05) is 64.2 Å². The topological polar surface area (TPSA) is 38.3 Å². The normalized spacial score (nSPS) is 15.8. The molecule has 2 aromatic carbocycles. The Morgan fingerprint density at radius 3 is 2.65 bits per heavy atom. The molecular formula is C17H12BrNO2S2. The maximum Gasteiger partial charge on any atom is 0.263 e. The van der Waals surface area contributed by atoms with E-state index in [2.05, 4.69) is 21.2 Å². The lowest BCUT2D eigenvalue weighted by Gasteiger charge is -2.07. The van der Waals surface area contributed by atoms with Crippen molar-refractivity contribution in [1.82, 2.24) is 5.32 Å². The van der Waals surface area contributed by atoms with Gasteiger partial charge < -0.3 is 10.1 Å². The molecule has 0 bridgehead atoms. The maximum atomic E-state index is 11.6. The third-order valence-corrected chi connectivity index (χ3v) is 4.77. The number of thiocarbonyl (C=S) groups is 1. The Hall–Kier alpha value is -1.63. The first-order valence-electron chi connectivity index (χ1n) is 6.82. The monoisotopic (exact) mass is 405 g/mol. The lowest BCUT2D eigenvalue weighted by molar-refractivity contribution is -0.115. The number of nitrogens with one attached hydrogen (secondary N) is 1. The highest BCUT2D eigenvalue weighted by molar-refractivity contribution is 9.10. The Morgan fingerprint density at radius 1 is 1.22 bits per heavy atom. The highest BCUT2D eigenvalue weighted by Crippen LogP contribution is 2.26. The van der Waals surface area contributed by atoms with Gasteiger partial charge in [-0.05, 0) is 41.5 Å². The fourth-order valence-electron chi connectivity index (χ4n) is 2.03. The summed E-state index contributed by atoms with van der Waals surface area (Å²) >= 11 is 9.69. The van der Waals surface area contributed by atoms with Crippen molar-refractivity contribution in [3.63, 3.8) is 0 Å². The molecule has 1 aliphatic rings. The Bertz CT molecular complexity index is 787. The molecule has 1 N–H and O–H groups in total. The summed E-state index contributed by atoms with van der Waals surface area (Å²) in [7, 11) is 0. The van der Waals surface area contributed by atoms with Crippen LogP contribution in [0.4, 0.5) is 0 Å². The van der Waals surface area contributed by atoms with Crippen LogP contribution < -0.4 is 10.1 Å². The molecule has 23 heavy (non-hydrogen) atoms. The lowest BCUT2D eigenvalue weighted by Crippen LogP contribution is -2.17. The second-order valence-electron chi connectivity index (χ2n) is 4.84. The molecule has 1 heterocycles. The zero-order chi connectivity index (χ0) is 16.2. The van der Waals surface area contributed by atoms with E-state index in [1.165, 1.54) is 11.8 Å². The van der Waals surface area contributed by atoms with Gasteiger partial charge in [0.05, 0.1) is 4.91 Å². The molecule has 1 fully saturated rings. The lowest BCUT2D eigenvalue weighted by atomic mass is 10.2. The maximum absolute atomic E-state index is 11.6. The molecule has 0 spiro atoms. The zero-order valence-corrected chi connectivity index (χ0v) is 15.1. The summed E-state index contributed by atoms with van der Waals surface area (Å²) < 4.78 is 7.29. The number of carbonyl (C=O) groups is 1. The SMILES string of the molecule is O=C1NC(=S)SC1=Cc1ccc(OCc2cccc(Br)c2)cc1. The van der Waals surface area contributed by atoms with E-state index in [4.69, 9.17) is 17.0 Å². The number of hydrogen-bond acceptors (Lipinski definition) is 4. The Morgan fingerprint density at radius 2 is 2.00 bits per heavy atom. The van der Waals surface area contributed by atoms with Crippen molar-refractivity contribution in [2.45, 2.75) is 6.61 Å². The van der Waals surface area contributed by atoms with E-state index in [9.17, 15) is 4.79 Å². The molecule has 3 nitrogen and oxygen atoms in total. The highest BCUT2D eigenvalue weighted by Gasteiger charge is 2.21. The van der Waals surface area contributed by atoms with Crippen molar-refractivity contribution < 1.29 is 9.53 Å². The minimum absolute atomic E-state index is 0.144. The smallest absolute Gasteiger partial charge is 0.263 e. The van der Waals surface area contributed by atoms with Crippen molar-refractivity contribution in [2.75, 3.05) is 0 Å². The van der Waals surface area contributed by atoms with Gasteiger partial charge in [0.2, 0.25) is 0 Å². The number of benzene rings is 2. The van der Waals surface area contributed by atoms with Crippen LogP contribution in [0.15, 0.2) is 57.9 Å². The fraction of sp³-hybridized carbons (Fsp3) is 0.0588. The molecule has 0 aromatic heterocycles. The second kappa shape index (κ2) is 7.29. The third-order valence-electron chi connectivity index (χ3n) is 3.11. The number of halogens is 1. The minimum Gasteiger partial charge on any atom is -0.489 e. The molecule has 0 saturated carbocycles. The first kappa shape index (κ1) is 16.2. The van der Waals surface area contributed by atoms with E-state index in [1.807, 2.05) is 54.6 Å². The molecule has 6 heteroatoms. The standard InChI is InChI=1S/C17H12BrNO2S2/c18-13-3-1-2-12(8-13)10-21-14-6-4-11(5-7-14)9-15-16(20)19-17(22)23-15/h1-9H,10H2,(H,19,20,22). The Kier molecular flexibility index (Phi) is 5.15. The average molecular weight is 406 g/mol. The molecule has 0 atom stereocenters. The van der Waals surface area contributed by atoms with E-state index < -0.39 is 0 Å². The van der Waals surface area contributed by atoms with Crippen molar-refractivity contribution in [2.24, 2.45) is 0 Å². The van der Waals surface area contributed by atoms with Crippen LogP contribution in [0.2, 0.25) is 0 Å². The van der Waals surface area contributed by atoms with Gasteiger partial charge in [-0.15, -0.1) is 0 Å². The van der Waals surface area contributed by atoms with E-state index in [1.54, 1.807) is 0 Å². The van der Waals surface area contributed by atoms with Crippen LogP contribution in [0.1, 0.15) is 11.1 Å². The largest absolute Gasteiger partial charge is 0.489 e. The molecular weight excluding hydrogens is 394 g/mol. The summed E-state index contributed by atoms with van der Waals surface area (Å²) in [5, 5.41) is 2.60. The van der Waals surface area contributed by atoms with Gasteiger partial charge in [0, 0.05) is 4.47 Å². The van der Waals surface area contributed by atoms with Gasteiger partial charge in [0.15, 0.2) is 0 Å². The van der Waals surface area contributed by atoms with E-state index >= 15 is 0 Å². The van der Waals surface area contributed by atoms with Crippen LogP contribution >= 0.6 is 39.9 Å². The van der Waals surface area contributed by atoms with Crippen LogP contribution in [0, 0.1) is 0 Å². The summed E-state index contributed by atoms with van der Waals surface area (Å²) in [4.78, 5) is 12.2. The first-order valence-corrected chi connectivity index (χ1v) is 8.84. The van der Waals surface area contributed by atoms with Crippen molar-refractivity contribution in [3.8, 4) is 5.75 Å². The van der Waals surface area contributed by atoms with Gasteiger partial charge in [0.1, 0.15) is 16.7 Å². The summed E-state index contributed by atoms with van der Waals surface area (Å²) in [5.74, 6) is 0.640. The van der Waals surface area contributed by atoms with Crippen LogP contribution in [-0.4, -0.2) is 10.2 Å². The Balaban J connectivity index is 1.64. The highest BCUT2D eigenvalue weighted by atomic mass is 79.9. The molecule has 0 radical (unpaired) electrons. The summed E-state index contributed by atoms with van der Waals surface area (Å²) in [6, 6.07) is 15.6. The molecule has 1 amide bonds. The van der Waals surface area contributed by atoms with Gasteiger partial charge in [-0.3, -0.25) is 4.79 Å². The molecule has 1 saturated heterocycles. The number of amides is 1. The number of rotatable bonds is 4. The van der Waals surface area contributed by atoms with Crippen LogP contribution in [0.3, 0.4) is 0 Å². The van der Waals surface area contributed by atoms with Crippen LogP contribution in [0.5, 0.6) is 5.75 Å². The van der Waals surface area contributed by atoms with Crippen molar-refractivity contribution in [3.05, 3.63) is 69.0 Å². The van der Waals surface area contributed by atoms with E-state index in [0.717, 1.165) is 21.3 Å². The van der Waals surface area contributed by atoms with Gasteiger partial charge >= 0.3 is 0 Å². The number of ether oxygens (including phenoxy) is 1. The summed E-state index contributed by atoms with van der Waals surface area (Å²) in [6.07, 6.45) is 1.82. The predicted octanol–water partition coefficient (Wildman–Crippen LogP) is 4.52. The molecule has 0 aliphatic carbocycles. The summed E-state index contributed by atoms with van der Waals surface area (Å²) in [5.41, 5.74) is 2.03. The zero-order valence-electron chi connectivity index (χ0n) is 11.9. The minimum atomic E-state index is -0.144. The van der Waals surface area contributed by atoms with E-state index in [0.29, 0.717) is 15.8 Å². The number of carbonyl (C=O) groups excluding carboxylic acids is 1. The quantitative estimate of drug-likeness (QED) is 0.599. The van der Waals surface area contributed by atoms with E-state index in [-0.39, 0.29) is 5.91 Å². The van der Waals surface area contributed by atoms with Gasteiger partial charge in [0.25, 0.3) is 5.91 Å². The number of hydrogen-bond donors (Lipinski definition) is 1. The van der Waals surface area contributed by atoms with Gasteiger partial charge in [-0.25, -0.2) is 0 Å². The third kappa shape index (κ3) is 4.43. The molecule has 3 rings (SSSR count). The van der Waals surface area contributed by atoms with Crippen molar-refractivity contribution >= 4 is 56.2 Å². The Labute approximate surface area is 152 Å². The summed E-state index contributed by atoms with van der Waals surface area (Å²) in [6.45, 7) is 0.506. The fourth-order valence-corrected chi connectivity index (χ4v) is 3.52. The molecule has 1 aliphatic heterocycles. The number of thioether (sulfide) groups is 1. The van der Waals surface area contributed by atoms with Crippen molar-refractivity contribution in [1.29, 1.82) is 0 Å². The molecule has 0 unspecified atom stereocenters. The van der Waals surface area contributed by atoms with Crippen LogP contribution in [-0.2, 0) is 11.4 Å². The predicted molar refractivity (Wildman–Crippen MR) is 101 cm³/mol. The molecule has 2 aromatic rings.